The van der Waals surface area contributed by atoms with Crippen LogP contribution in [0.25, 0.3) is 0 Å². The highest BCUT2D eigenvalue weighted by atomic mass is 80.0. The third kappa shape index (κ3) is 5.89. The highest BCUT2D eigenvalue weighted by Crippen LogP contribution is 2.57. The summed E-state index contributed by atoms with van der Waals surface area (Å²) in [5.74, 6) is -3.08. The maximum Gasteiger partial charge on any atom is 0.238 e. The van der Waals surface area contributed by atoms with E-state index in [0.717, 1.165) is 0 Å². The summed E-state index contributed by atoms with van der Waals surface area (Å²) in [6, 6.07) is 0. The van der Waals surface area contributed by atoms with Gasteiger partial charge in [-0.1, -0.05) is 95.6 Å². The molecular formula is C16H22Br6N2O4. The summed E-state index contributed by atoms with van der Waals surface area (Å²) in [6.45, 7) is 6.24. The molecular weight excluding hydrogens is 764 g/mol. The van der Waals surface area contributed by atoms with Crippen LogP contribution in [0.3, 0.4) is 0 Å². The van der Waals surface area contributed by atoms with Crippen molar-refractivity contribution in [1.29, 1.82) is 0 Å². The van der Waals surface area contributed by atoms with Crippen LogP contribution in [0.2, 0.25) is 0 Å². The lowest BCUT2D eigenvalue weighted by Gasteiger charge is -2.44. The average Bonchev–Trinajstić information content (AvgIpc) is 2.47. The Labute approximate surface area is 215 Å². The van der Waals surface area contributed by atoms with Gasteiger partial charge in [0.1, 0.15) is 4.29 Å². The quantitative estimate of drug-likeness (QED) is 0.253. The number of ketones is 2. The molecule has 0 unspecified atom stereocenters. The molecule has 0 fully saturated rings. The Kier molecular flexibility index (Phi) is 10.2. The van der Waals surface area contributed by atoms with Crippen molar-refractivity contribution in [3.05, 3.63) is 0 Å². The monoisotopic (exact) mass is 780 g/mol. The van der Waals surface area contributed by atoms with E-state index in [1.165, 1.54) is 0 Å². The molecule has 0 aliphatic heterocycles. The van der Waals surface area contributed by atoms with Crippen molar-refractivity contribution in [3.63, 3.8) is 0 Å². The number of primary amides is 2. The second kappa shape index (κ2) is 9.75. The van der Waals surface area contributed by atoms with Crippen LogP contribution in [0.1, 0.15) is 47.0 Å². The van der Waals surface area contributed by atoms with Gasteiger partial charge in [-0.25, -0.2) is 0 Å². The lowest BCUT2D eigenvalue weighted by molar-refractivity contribution is -0.157. The summed E-state index contributed by atoms with van der Waals surface area (Å²) in [5, 5.41) is 0. The molecule has 0 rings (SSSR count). The molecule has 2 amide bonds. The zero-order valence-corrected chi connectivity index (χ0v) is 25.2. The van der Waals surface area contributed by atoms with Crippen LogP contribution in [-0.4, -0.2) is 27.7 Å². The summed E-state index contributed by atoms with van der Waals surface area (Å²) in [5.41, 5.74) is 6.09. The fourth-order valence-corrected chi connectivity index (χ4v) is 3.61. The highest BCUT2D eigenvalue weighted by molar-refractivity contribution is 9.39. The van der Waals surface area contributed by atoms with Gasteiger partial charge in [-0.05, 0) is 40.5 Å². The van der Waals surface area contributed by atoms with E-state index in [0.29, 0.717) is 0 Å². The van der Waals surface area contributed by atoms with Crippen molar-refractivity contribution in [3.8, 4) is 0 Å². The number of carbonyl (C=O) groups is 4. The van der Waals surface area contributed by atoms with Crippen LogP contribution in [0.15, 0.2) is 0 Å². The second-order valence-electron chi connectivity index (χ2n) is 7.49. The first-order valence-electron chi connectivity index (χ1n) is 7.98. The molecule has 0 aliphatic carbocycles. The zero-order chi connectivity index (χ0) is 22.9. The minimum absolute atomic E-state index is 0.0433. The van der Waals surface area contributed by atoms with Crippen LogP contribution < -0.4 is 11.5 Å². The van der Waals surface area contributed by atoms with Crippen molar-refractivity contribution in [1.82, 2.24) is 0 Å². The van der Waals surface area contributed by atoms with Crippen molar-refractivity contribution in [2.24, 2.45) is 27.7 Å². The normalized spacial score (nSPS) is 13.9. The van der Waals surface area contributed by atoms with Gasteiger partial charge in [0.05, 0.1) is 10.8 Å². The molecule has 0 radical (unpaired) electrons. The van der Waals surface area contributed by atoms with Gasteiger partial charge in [0.25, 0.3) is 0 Å². The SMILES string of the molecule is CC(C)(C(=O)C(CCCC(N)=O)(C(N)=O)C(=O)C(C)(C)C(Br)(Br)Br)C(Br)(Br)Br. The van der Waals surface area contributed by atoms with Gasteiger partial charge in [-0.3, -0.25) is 19.2 Å². The van der Waals surface area contributed by atoms with Crippen LogP contribution in [0.5, 0.6) is 0 Å². The Morgan fingerprint density at radius 3 is 1.25 bits per heavy atom. The van der Waals surface area contributed by atoms with Gasteiger partial charge >= 0.3 is 0 Å². The van der Waals surface area contributed by atoms with E-state index < -0.39 is 43.9 Å². The van der Waals surface area contributed by atoms with Gasteiger partial charge in [0.15, 0.2) is 17.0 Å². The first-order valence-corrected chi connectivity index (χ1v) is 12.7. The lowest BCUT2D eigenvalue weighted by Crippen LogP contribution is -2.61. The molecule has 0 aromatic heterocycles. The van der Waals surface area contributed by atoms with E-state index in [1.54, 1.807) is 27.7 Å². The first-order chi connectivity index (χ1) is 12.2. The summed E-state index contributed by atoms with van der Waals surface area (Å²) in [4.78, 5) is 51.3. The van der Waals surface area contributed by atoms with E-state index in [9.17, 15) is 19.2 Å². The van der Waals surface area contributed by atoms with E-state index >= 15 is 0 Å². The Morgan fingerprint density at radius 1 is 0.714 bits per heavy atom. The molecule has 0 aliphatic rings. The molecule has 0 spiro atoms. The number of amides is 2. The van der Waals surface area contributed by atoms with Crippen molar-refractivity contribution in [2.75, 3.05) is 0 Å². The number of carbonyl (C=O) groups excluding carboxylic acids is 4. The number of rotatable bonds is 9. The van der Waals surface area contributed by atoms with Crippen LogP contribution >= 0.6 is 95.6 Å². The molecule has 0 bridgehead atoms. The van der Waals surface area contributed by atoms with E-state index in [-0.39, 0.29) is 19.3 Å². The summed E-state index contributed by atoms with van der Waals surface area (Å²) < 4.78 is -2.22. The minimum Gasteiger partial charge on any atom is -0.370 e. The third-order valence-electron chi connectivity index (χ3n) is 4.72. The minimum atomic E-state index is -2.19. The number of nitrogens with two attached hydrogens (primary N) is 2. The number of hydrogen-bond donors (Lipinski definition) is 2. The van der Waals surface area contributed by atoms with Crippen LogP contribution in [0.4, 0.5) is 0 Å². The van der Waals surface area contributed by atoms with Crippen molar-refractivity contribution < 1.29 is 19.2 Å². The van der Waals surface area contributed by atoms with Gasteiger partial charge in [0, 0.05) is 6.42 Å². The molecule has 12 heteroatoms. The summed E-state index contributed by atoms with van der Waals surface area (Å²) in [6.07, 6.45) is -0.301. The van der Waals surface area contributed by atoms with Crippen LogP contribution in [0, 0.1) is 16.2 Å². The molecule has 0 aromatic rings. The Morgan fingerprint density at radius 2 is 1.04 bits per heavy atom. The number of alkyl halides is 6. The number of Topliss-reactive ketones (excluding diaryl/α,β-unsaturated/α-hetero) is 2. The van der Waals surface area contributed by atoms with Crippen LogP contribution in [-0.2, 0) is 19.2 Å². The molecule has 0 saturated carbocycles. The highest BCUT2D eigenvalue weighted by Gasteiger charge is 2.64. The van der Waals surface area contributed by atoms with Crippen molar-refractivity contribution >= 4 is 119 Å². The number of halogens is 6. The van der Waals surface area contributed by atoms with Gasteiger partial charge < -0.3 is 11.5 Å². The Bertz CT molecular complexity index is 627. The fraction of sp³-hybridized carbons (Fsp3) is 0.750. The fourth-order valence-electron chi connectivity index (χ4n) is 2.53. The van der Waals surface area contributed by atoms with Gasteiger partial charge in [-0.2, -0.15) is 0 Å². The van der Waals surface area contributed by atoms with E-state index in [4.69, 9.17) is 11.5 Å². The predicted molar refractivity (Wildman–Crippen MR) is 131 cm³/mol. The third-order valence-corrected chi connectivity index (χ3v) is 10.7. The molecule has 0 saturated heterocycles. The zero-order valence-electron chi connectivity index (χ0n) is 15.7. The summed E-state index contributed by atoms with van der Waals surface area (Å²) in [7, 11) is 0. The molecule has 0 heterocycles. The molecule has 162 valence electrons. The lowest BCUT2D eigenvalue weighted by atomic mass is 9.61. The largest absolute Gasteiger partial charge is 0.370 e. The standard InChI is InChI=1S/C16H22Br6N2O4/c1-12(2,15(17,18)19)9(26)14(11(24)28,7-5-6-8(23)25)10(27)13(3,4)16(20,21)22/h5-7H2,1-4H3,(H2,23,25)(H2,24,28). The first kappa shape index (κ1) is 29.2. The second-order valence-corrected chi connectivity index (χ2v) is 21.0. The maximum atomic E-state index is 13.7. The topological polar surface area (TPSA) is 120 Å². The van der Waals surface area contributed by atoms with E-state index in [1.807, 2.05) is 0 Å². The molecule has 28 heavy (non-hydrogen) atoms. The smallest absolute Gasteiger partial charge is 0.238 e. The molecule has 4 N–H and O–H groups in total. The molecule has 0 aromatic carbocycles. The average molecular weight is 786 g/mol. The number of hydrogen-bond acceptors (Lipinski definition) is 4. The maximum absolute atomic E-state index is 13.7. The van der Waals surface area contributed by atoms with E-state index in [2.05, 4.69) is 95.6 Å². The molecule has 0 atom stereocenters. The Balaban J connectivity index is 6.74. The predicted octanol–water partition coefficient (Wildman–Crippen LogP) is 4.98. The van der Waals surface area contributed by atoms with Crippen molar-refractivity contribution in [2.45, 2.75) is 51.2 Å². The molecule has 6 nitrogen and oxygen atoms in total. The van der Waals surface area contributed by atoms with Gasteiger partial charge in [0.2, 0.25) is 11.8 Å². The Hall–Kier alpha value is 1.16. The van der Waals surface area contributed by atoms with Gasteiger partial charge in [-0.15, -0.1) is 0 Å². The summed E-state index contributed by atoms with van der Waals surface area (Å²) >= 11 is 19.9.